The second kappa shape index (κ2) is 8.09. The Bertz CT molecular complexity index is 656. The highest BCUT2D eigenvalue weighted by Crippen LogP contribution is 2.21. The molecule has 0 aromatic carbocycles. The number of fused-ring (bicyclic) bond motifs is 1. The third kappa shape index (κ3) is 5.02. The molecule has 1 aromatic rings. The summed E-state index contributed by atoms with van der Waals surface area (Å²) < 4.78 is 31.0. The van der Waals surface area contributed by atoms with Gasteiger partial charge in [0.1, 0.15) is 6.61 Å². The van der Waals surface area contributed by atoms with Gasteiger partial charge < -0.3 is 14.2 Å². The molecule has 1 amide bonds. The first-order valence-electron chi connectivity index (χ1n) is 8.03. The molecule has 1 aliphatic heterocycles. The summed E-state index contributed by atoms with van der Waals surface area (Å²) in [6.45, 7) is 3.94. The number of ether oxygens (including phenoxy) is 1. The highest BCUT2D eigenvalue weighted by atomic mass is 32.2. The average molecular weight is 358 g/mol. The Hall–Kier alpha value is -1.45. The Balaban J connectivity index is 1.94. The molecule has 0 spiro atoms. The van der Waals surface area contributed by atoms with Crippen LogP contribution in [-0.2, 0) is 25.9 Å². The highest BCUT2D eigenvalue weighted by molar-refractivity contribution is 7.91. The second-order valence-electron chi connectivity index (χ2n) is 6.22. The fourth-order valence-electron chi connectivity index (χ4n) is 2.59. The number of carbonyl (C=O) groups excluding carboxylic acids is 1. The number of hydrogen-bond acceptors (Lipinski definition) is 6. The Morgan fingerprint density at radius 1 is 1.46 bits per heavy atom. The van der Waals surface area contributed by atoms with Crippen molar-refractivity contribution in [2.24, 2.45) is 0 Å². The van der Waals surface area contributed by atoms with Gasteiger partial charge in [-0.15, -0.1) is 0 Å². The predicted molar refractivity (Wildman–Crippen MR) is 90.4 cm³/mol. The van der Waals surface area contributed by atoms with Gasteiger partial charge >= 0.3 is 0 Å². The number of sulfone groups is 1. The van der Waals surface area contributed by atoms with Crippen molar-refractivity contribution in [1.82, 2.24) is 19.4 Å². The molecule has 0 saturated heterocycles. The summed E-state index contributed by atoms with van der Waals surface area (Å²) in [6.07, 6.45) is 3.55. The number of nitrogens with zero attached hydrogens (tertiary/aromatic N) is 4. The van der Waals surface area contributed by atoms with Crippen LogP contribution in [0.3, 0.4) is 0 Å². The van der Waals surface area contributed by atoms with Gasteiger partial charge in [-0.1, -0.05) is 6.92 Å². The molecule has 2 heterocycles. The van der Waals surface area contributed by atoms with E-state index in [-0.39, 0.29) is 30.1 Å². The fraction of sp³-hybridized carbons (Fsp3) is 0.733. The summed E-state index contributed by atoms with van der Waals surface area (Å²) >= 11 is 0. The molecule has 0 bridgehead atoms. The summed E-state index contributed by atoms with van der Waals surface area (Å²) in [5, 5.41) is 0. The lowest BCUT2D eigenvalue weighted by Crippen LogP contribution is -2.41. The lowest BCUT2D eigenvalue weighted by atomic mass is 10.2. The van der Waals surface area contributed by atoms with Crippen LogP contribution in [0.2, 0.25) is 0 Å². The van der Waals surface area contributed by atoms with Gasteiger partial charge in [-0.05, 0) is 0 Å². The first-order valence-corrected chi connectivity index (χ1v) is 9.86. The third-order valence-corrected chi connectivity index (χ3v) is 5.87. The molecule has 2 rings (SSSR count). The van der Waals surface area contributed by atoms with E-state index in [9.17, 15) is 13.2 Å². The van der Waals surface area contributed by atoms with Crippen LogP contribution in [0.5, 0.6) is 0 Å². The van der Waals surface area contributed by atoms with Crippen LogP contribution in [0.4, 0.5) is 0 Å². The monoisotopic (exact) mass is 358 g/mol. The van der Waals surface area contributed by atoms with Crippen molar-refractivity contribution in [2.45, 2.75) is 19.5 Å². The molecule has 0 aliphatic carbocycles. The summed E-state index contributed by atoms with van der Waals surface area (Å²) in [7, 11) is 0.398. The summed E-state index contributed by atoms with van der Waals surface area (Å²) in [5.41, 5.74) is 1.03. The van der Waals surface area contributed by atoms with Gasteiger partial charge in [0.15, 0.2) is 9.84 Å². The van der Waals surface area contributed by atoms with E-state index in [2.05, 4.69) is 9.88 Å². The topological polar surface area (TPSA) is 84.7 Å². The second-order valence-corrected chi connectivity index (χ2v) is 8.69. The maximum absolute atomic E-state index is 11.7. The molecule has 1 aromatic heterocycles. The van der Waals surface area contributed by atoms with Gasteiger partial charge in [-0.3, -0.25) is 9.69 Å². The van der Waals surface area contributed by atoms with Crippen molar-refractivity contribution in [2.75, 3.05) is 51.9 Å². The first-order chi connectivity index (χ1) is 11.3. The van der Waals surface area contributed by atoms with Crippen LogP contribution in [-0.4, -0.2) is 85.6 Å². The SMILES string of the molecule is CCS(=O)(=O)CCN1Cc2cncn2[C@@H](COCC(=O)N(C)C)C1. The number of carbonyl (C=O) groups is 1. The summed E-state index contributed by atoms with van der Waals surface area (Å²) in [4.78, 5) is 19.4. The zero-order valence-corrected chi connectivity index (χ0v) is 15.3. The molecule has 9 heteroatoms. The fourth-order valence-corrected chi connectivity index (χ4v) is 3.42. The highest BCUT2D eigenvalue weighted by Gasteiger charge is 2.26. The number of amides is 1. The molecule has 0 fully saturated rings. The number of likely N-dealkylation sites (N-methyl/N-ethyl adjacent to an activating group) is 1. The Labute approximate surface area is 143 Å². The van der Waals surface area contributed by atoms with E-state index < -0.39 is 9.84 Å². The lowest BCUT2D eigenvalue weighted by Gasteiger charge is -2.34. The summed E-state index contributed by atoms with van der Waals surface area (Å²) in [5.74, 6) is 0.241. The number of hydrogen-bond donors (Lipinski definition) is 0. The minimum Gasteiger partial charge on any atom is -0.369 e. The van der Waals surface area contributed by atoms with Crippen LogP contribution in [0.1, 0.15) is 18.7 Å². The Morgan fingerprint density at radius 3 is 2.88 bits per heavy atom. The molecule has 8 nitrogen and oxygen atoms in total. The number of rotatable bonds is 8. The Kier molecular flexibility index (Phi) is 6.36. The van der Waals surface area contributed by atoms with E-state index in [0.717, 1.165) is 5.69 Å². The minimum absolute atomic E-state index is 0.0237. The maximum atomic E-state index is 11.7. The van der Waals surface area contributed by atoms with Crippen molar-refractivity contribution in [3.05, 3.63) is 18.2 Å². The number of imidazole rings is 1. The van der Waals surface area contributed by atoms with Gasteiger partial charge in [-0.2, -0.15) is 0 Å². The van der Waals surface area contributed by atoms with Crippen molar-refractivity contribution in [1.29, 1.82) is 0 Å². The van der Waals surface area contributed by atoms with Crippen LogP contribution >= 0.6 is 0 Å². The molecule has 136 valence electrons. The van der Waals surface area contributed by atoms with Gasteiger partial charge in [-0.25, -0.2) is 13.4 Å². The Morgan fingerprint density at radius 2 is 2.21 bits per heavy atom. The van der Waals surface area contributed by atoms with Crippen LogP contribution in [0.15, 0.2) is 12.5 Å². The van der Waals surface area contributed by atoms with Crippen LogP contribution in [0, 0.1) is 0 Å². The molecule has 0 radical (unpaired) electrons. The predicted octanol–water partition coefficient (Wildman–Crippen LogP) is -0.221. The van der Waals surface area contributed by atoms with Crippen molar-refractivity contribution in [3.63, 3.8) is 0 Å². The van der Waals surface area contributed by atoms with E-state index >= 15 is 0 Å². The zero-order valence-electron chi connectivity index (χ0n) is 14.5. The number of aromatic nitrogens is 2. The maximum Gasteiger partial charge on any atom is 0.248 e. The summed E-state index contributed by atoms with van der Waals surface area (Å²) in [6, 6.07) is 0.0237. The van der Waals surface area contributed by atoms with E-state index in [4.69, 9.17) is 4.74 Å². The van der Waals surface area contributed by atoms with E-state index in [1.54, 1.807) is 33.5 Å². The zero-order chi connectivity index (χ0) is 17.7. The lowest BCUT2D eigenvalue weighted by molar-refractivity contribution is -0.134. The van der Waals surface area contributed by atoms with Crippen molar-refractivity contribution in [3.8, 4) is 0 Å². The molecular formula is C15H26N4O4S. The standard InChI is InChI=1S/C15H26N4O4S/c1-4-24(21,22)6-5-18-8-13-7-16-12-19(13)14(9-18)10-23-11-15(20)17(2)3/h7,12,14H,4-6,8-11H2,1-3H3/t14-/m1/s1. The van der Waals surface area contributed by atoms with Crippen LogP contribution in [0.25, 0.3) is 0 Å². The smallest absolute Gasteiger partial charge is 0.248 e. The van der Waals surface area contributed by atoms with E-state index in [1.165, 1.54) is 4.90 Å². The van der Waals surface area contributed by atoms with Gasteiger partial charge in [0.25, 0.3) is 0 Å². The minimum atomic E-state index is -2.98. The quantitative estimate of drug-likeness (QED) is 0.639. The largest absolute Gasteiger partial charge is 0.369 e. The molecule has 0 saturated carbocycles. The van der Waals surface area contributed by atoms with E-state index in [0.29, 0.717) is 26.2 Å². The van der Waals surface area contributed by atoms with Crippen LogP contribution < -0.4 is 0 Å². The molecule has 0 unspecified atom stereocenters. The third-order valence-electron chi connectivity index (χ3n) is 4.19. The van der Waals surface area contributed by atoms with Gasteiger partial charge in [0, 0.05) is 45.7 Å². The first kappa shape index (κ1) is 18.9. The average Bonchev–Trinajstić information content (AvgIpc) is 3.01. The normalized spacial score (nSPS) is 18.4. The molecular weight excluding hydrogens is 332 g/mol. The van der Waals surface area contributed by atoms with Gasteiger partial charge in [0.05, 0.1) is 30.4 Å². The molecule has 0 N–H and O–H groups in total. The molecule has 24 heavy (non-hydrogen) atoms. The van der Waals surface area contributed by atoms with Gasteiger partial charge in [0.2, 0.25) is 5.91 Å². The van der Waals surface area contributed by atoms with E-state index in [1.807, 2.05) is 4.57 Å². The molecule has 1 aliphatic rings. The molecule has 1 atom stereocenters. The van der Waals surface area contributed by atoms with Crippen molar-refractivity contribution < 1.29 is 17.9 Å². The van der Waals surface area contributed by atoms with Crippen molar-refractivity contribution >= 4 is 15.7 Å².